The van der Waals surface area contributed by atoms with E-state index in [4.69, 9.17) is 14.2 Å². The van der Waals surface area contributed by atoms with Crippen LogP contribution < -0.4 is 9.47 Å². The van der Waals surface area contributed by atoms with Crippen LogP contribution in [-0.2, 0) is 24.4 Å². The number of carbonyl (C=O) groups excluding carboxylic acids is 1. The van der Waals surface area contributed by atoms with E-state index < -0.39 is 10.5 Å². The summed E-state index contributed by atoms with van der Waals surface area (Å²) < 4.78 is 18.7. The Kier molecular flexibility index (Phi) is 5.00. The number of benzene rings is 1. The Bertz CT molecular complexity index is 980. The number of nitrogens with zero attached hydrogens (tertiary/aromatic N) is 4. The fraction of sp³-hybridized carbons (Fsp3) is 0.500. The van der Waals surface area contributed by atoms with Crippen molar-refractivity contribution in [2.24, 2.45) is 0 Å². The van der Waals surface area contributed by atoms with Gasteiger partial charge in [-0.2, -0.15) is 0 Å². The molecule has 0 bridgehead atoms. The number of hydrogen-bond acceptors (Lipinski definition) is 7. The third kappa shape index (κ3) is 4.32. The molecule has 2 aromatic rings. The quantitative estimate of drug-likeness (QED) is 0.556. The summed E-state index contributed by atoms with van der Waals surface area (Å²) in [5.41, 5.74) is 1.56. The smallest absolute Gasteiger partial charge is 0.414 e. The Balaban J connectivity index is 1.34. The van der Waals surface area contributed by atoms with Crippen LogP contribution in [0.5, 0.6) is 11.8 Å². The maximum atomic E-state index is 12.3. The SMILES string of the molecule is CC(C)(C)OC(=O)N1Cc2ccc(OC[C@@H]3CCn4cc([N+](=O)[O-])nc4O3)cc2C1. The van der Waals surface area contributed by atoms with Crippen molar-refractivity contribution in [2.75, 3.05) is 6.61 Å². The van der Waals surface area contributed by atoms with Crippen molar-refractivity contribution in [3.63, 3.8) is 0 Å². The third-order valence-electron chi connectivity index (χ3n) is 4.87. The zero-order valence-corrected chi connectivity index (χ0v) is 17.2. The van der Waals surface area contributed by atoms with Crippen LogP contribution in [0.15, 0.2) is 24.4 Å². The van der Waals surface area contributed by atoms with Crippen LogP contribution in [0.3, 0.4) is 0 Å². The molecule has 0 spiro atoms. The van der Waals surface area contributed by atoms with Gasteiger partial charge in [0.25, 0.3) is 0 Å². The zero-order chi connectivity index (χ0) is 21.5. The number of fused-ring (bicyclic) bond motifs is 2. The minimum absolute atomic E-state index is 0.222. The largest absolute Gasteiger partial charge is 0.490 e. The normalized spacial score (nSPS) is 17.7. The molecule has 0 aliphatic carbocycles. The number of aryl methyl sites for hydroxylation is 1. The summed E-state index contributed by atoms with van der Waals surface area (Å²) in [6, 6.07) is 5.98. The Hall–Kier alpha value is -3.30. The number of carbonyl (C=O) groups is 1. The molecule has 0 fully saturated rings. The van der Waals surface area contributed by atoms with Gasteiger partial charge in [-0.1, -0.05) is 6.07 Å². The third-order valence-corrected chi connectivity index (χ3v) is 4.87. The van der Waals surface area contributed by atoms with Gasteiger partial charge in [0.2, 0.25) is 0 Å². The molecule has 1 amide bonds. The van der Waals surface area contributed by atoms with Crippen LogP contribution in [0.2, 0.25) is 0 Å². The summed E-state index contributed by atoms with van der Waals surface area (Å²) in [5, 5.41) is 10.9. The zero-order valence-electron chi connectivity index (χ0n) is 17.2. The second-order valence-corrected chi connectivity index (χ2v) is 8.44. The molecule has 0 saturated heterocycles. The molecular formula is C20H24N4O6. The molecule has 1 atom stereocenters. The van der Waals surface area contributed by atoms with Crippen molar-refractivity contribution in [1.82, 2.24) is 14.5 Å². The van der Waals surface area contributed by atoms with Crippen molar-refractivity contribution >= 4 is 11.9 Å². The van der Waals surface area contributed by atoms with Crippen molar-refractivity contribution in [3.8, 4) is 11.8 Å². The standard InChI is InChI=1S/C20H24N4O6/c1-20(2,3)30-19(25)23-9-13-4-5-15(8-14(13)10-23)28-12-16-6-7-22-11-17(24(26)27)21-18(22)29-16/h4-5,8,11,16H,6-7,9-10,12H2,1-3H3/t16-/m0/s1. The van der Waals surface area contributed by atoms with Gasteiger partial charge in [0.1, 0.15) is 30.3 Å². The van der Waals surface area contributed by atoms with Gasteiger partial charge in [-0.15, -0.1) is 0 Å². The Morgan fingerprint density at radius 2 is 2.10 bits per heavy atom. The lowest BCUT2D eigenvalue weighted by Crippen LogP contribution is -2.33. The number of rotatable bonds is 4. The van der Waals surface area contributed by atoms with Crippen molar-refractivity contribution < 1.29 is 23.9 Å². The van der Waals surface area contributed by atoms with E-state index in [1.165, 1.54) is 6.20 Å². The molecule has 4 rings (SSSR count). The van der Waals surface area contributed by atoms with E-state index in [-0.39, 0.29) is 24.0 Å². The average molecular weight is 416 g/mol. The highest BCUT2D eigenvalue weighted by Crippen LogP contribution is 2.29. The first-order valence-corrected chi connectivity index (χ1v) is 9.79. The number of hydrogen-bond donors (Lipinski definition) is 0. The molecule has 1 aromatic heterocycles. The molecule has 2 aliphatic heterocycles. The number of aromatic nitrogens is 2. The summed E-state index contributed by atoms with van der Waals surface area (Å²) >= 11 is 0. The number of imidazole rings is 1. The molecule has 0 saturated carbocycles. The predicted octanol–water partition coefficient (Wildman–Crippen LogP) is 3.27. The molecule has 2 aliphatic rings. The first-order valence-electron chi connectivity index (χ1n) is 9.79. The topological polar surface area (TPSA) is 109 Å². The molecular weight excluding hydrogens is 392 g/mol. The molecule has 30 heavy (non-hydrogen) atoms. The highest BCUT2D eigenvalue weighted by atomic mass is 16.6. The second-order valence-electron chi connectivity index (χ2n) is 8.44. The molecule has 0 N–H and O–H groups in total. The minimum atomic E-state index is -0.536. The first-order chi connectivity index (χ1) is 14.2. The number of ether oxygens (including phenoxy) is 3. The van der Waals surface area contributed by atoms with Crippen LogP contribution in [0, 0.1) is 10.1 Å². The molecule has 160 valence electrons. The summed E-state index contributed by atoms with van der Waals surface area (Å²) in [6.45, 7) is 7.41. The highest BCUT2D eigenvalue weighted by Gasteiger charge is 2.30. The lowest BCUT2D eigenvalue weighted by molar-refractivity contribution is -0.389. The van der Waals surface area contributed by atoms with E-state index in [0.717, 1.165) is 11.1 Å². The first kappa shape index (κ1) is 20.0. The fourth-order valence-corrected chi connectivity index (χ4v) is 3.44. The summed E-state index contributed by atoms with van der Waals surface area (Å²) in [7, 11) is 0. The predicted molar refractivity (Wildman–Crippen MR) is 105 cm³/mol. The average Bonchev–Trinajstić information content (AvgIpc) is 3.28. The van der Waals surface area contributed by atoms with Gasteiger partial charge < -0.3 is 24.3 Å². The van der Waals surface area contributed by atoms with E-state index in [9.17, 15) is 14.9 Å². The van der Waals surface area contributed by atoms with E-state index in [2.05, 4.69) is 4.98 Å². The molecule has 10 nitrogen and oxygen atoms in total. The van der Waals surface area contributed by atoms with Crippen LogP contribution in [0.4, 0.5) is 10.6 Å². The Morgan fingerprint density at radius 3 is 2.83 bits per heavy atom. The lowest BCUT2D eigenvalue weighted by Gasteiger charge is -2.24. The van der Waals surface area contributed by atoms with Gasteiger partial charge in [0.15, 0.2) is 0 Å². The maximum Gasteiger partial charge on any atom is 0.414 e. The Morgan fingerprint density at radius 1 is 1.33 bits per heavy atom. The van der Waals surface area contributed by atoms with Crippen LogP contribution in [0.1, 0.15) is 38.3 Å². The number of amides is 1. The minimum Gasteiger partial charge on any atom is -0.490 e. The van der Waals surface area contributed by atoms with Crippen LogP contribution in [0.25, 0.3) is 0 Å². The lowest BCUT2D eigenvalue weighted by atomic mass is 10.1. The van der Waals surface area contributed by atoms with Gasteiger partial charge in [0.05, 0.1) is 0 Å². The molecule has 3 heterocycles. The summed E-state index contributed by atoms with van der Waals surface area (Å²) in [6.07, 6.45) is 1.47. The van der Waals surface area contributed by atoms with Crippen LogP contribution >= 0.6 is 0 Å². The van der Waals surface area contributed by atoms with Gasteiger partial charge in [0, 0.05) is 31.0 Å². The monoisotopic (exact) mass is 416 g/mol. The second kappa shape index (κ2) is 7.51. The van der Waals surface area contributed by atoms with Crippen molar-refractivity contribution in [1.29, 1.82) is 0 Å². The van der Waals surface area contributed by atoms with Crippen molar-refractivity contribution in [2.45, 2.75) is 58.5 Å². The summed E-state index contributed by atoms with van der Waals surface area (Å²) in [5.74, 6) is 0.461. The van der Waals surface area contributed by atoms with E-state index in [0.29, 0.717) is 38.4 Å². The van der Waals surface area contributed by atoms with Crippen LogP contribution in [-0.4, -0.2) is 43.8 Å². The fourth-order valence-electron chi connectivity index (χ4n) is 3.44. The molecule has 1 aromatic carbocycles. The van der Waals surface area contributed by atoms with Gasteiger partial charge in [-0.3, -0.25) is 9.47 Å². The maximum absolute atomic E-state index is 12.3. The molecule has 0 unspecified atom stereocenters. The van der Waals surface area contributed by atoms with E-state index in [1.807, 2.05) is 39.0 Å². The molecule has 0 radical (unpaired) electrons. The van der Waals surface area contributed by atoms with E-state index >= 15 is 0 Å². The van der Waals surface area contributed by atoms with Gasteiger partial charge >= 0.3 is 17.9 Å². The van der Waals surface area contributed by atoms with Crippen molar-refractivity contribution in [3.05, 3.63) is 45.6 Å². The number of nitro groups is 1. The Labute approximate surface area is 173 Å². The van der Waals surface area contributed by atoms with Gasteiger partial charge in [-0.25, -0.2) is 4.79 Å². The summed E-state index contributed by atoms with van der Waals surface area (Å²) in [4.78, 5) is 28.2. The van der Waals surface area contributed by atoms with E-state index in [1.54, 1.807) is 9.47 Å². The molecule has 10 heteroatoms. The highest BCUT2D eigenvalue weighted by molar-refractivity contribution is 5.69. The van der Waals surface area contributed by atoms with Gasteiger partial charge in [-0.05, 0) is 49.0 Å².